The number of amides is 4. The van der Waals surface area contributed by atoms with Gasteiger partial charge in [-0.05, 0) is 126 Å². The van der Waals surface area contributed by atoms with E-state index in [1.54, 1.807) is 11.3 Å². The molecule has 5 aliphatic rings. The number of H-pyrrole nitrogens is 2. The number of thiazole rings is 1. The van der Waals surface area contributed by atoms with Crippen LogP contribution in [0.25, 0.3) is 44.7 Å². The number of nitrogens with one attached hydrogen (secondary N) is 4. The number of hydrogen-bond acceptors (Lipinski definition) is 12. The number of ether oxygens (including phenoxy) is 4. The summed E-state index contributed by atoms with van der Waals surface area (Å²) in [6.45, 7) is 14.8. The van der Waals surface area contributed by atoms with Crippen molar-refractivity contribution >= 4 is 46.2 Å². The number of carbonyl (C=O) groups excluding carboxylic acids is 4. The van der Waals surface area contributed by atoms with Gasteiger partial charge in [-0.1, -0.05) is 26.8 Å². The minimum Gasteiger partial charge on any atom is -0.464 e. The first-order valence-electron chi connectivity index (χ1n) is 26.6. The zero-order valence-electron chi connectivity index (χ0n) is 44.1. The summed E-state index contributed by atoms with van der Waals surface area (Å²) in [7, 11) is 2.62. The van der Waals surface area contributed by atoms with Gasteiger partial charge in [-0.2, -0.15) is 0 Å². The molecule has 11 rings (SSSR count). The Morgan fingerprint density at radius 1 is 0.800 bits per heavy atom. The van der Waals surface area contributed by atoms with E-state index in [4.69, 9.17) is 33.9 Å². The zero-order valence-corrected chi connectivity index (χ0v) is 45.0. The highest BCUT2D eigenvalue weighted by atomic mass is 32.1. The van der Waals surface area contributed by atoms with Crippen molar-refractivity contribution in [2.75, 3.05) is 20.8 Å². The van der Waals surface area contributed by atoms with E-state index in [1.807, 2.05) is 56.1 Å². The molecular formula is C56H68N10O8S. The molecule has 4 aliphatic heterocycles. The van der Waals surface area contributed by atoms with Crippen LogP contribution in [-0.2, 0) is 23.8 Å². The highest BCUT2D eigenvalue weighted by Gasteiger charge is 2.47. The highest BCUT2D eigenvalue weighted by Crippen LogP contribution is 2.50. The Morgan fingerprint density at radius 3 is 2.19 bits per heavy atom. The number of aromatic amines is 2. The van der Waals surface area contributed by atoms with Crippen LogP contribution in [0.15, 0.2) is 55.0 Å². The summed E-state index contributed by atoms with van der Waals surface area (Å²) in [5.74, 6) is 2.28. The first-order valence-corrected chi connectivity index (χ1v) is 27.4. The van der Waals surface area contributed by atoms with Gasteiger partial charge in [0.25, 0.3) is 0 Å². The van der Waals surface area contributed by atoms with E-state index in [1.165, 1.54) is 14.2 Å². The van der Waals surface area contributed by atoms with Gasteiger partial charge in [0.2, 0.25) is 18.0 Å². The third-order valence-electron chi connectivity index (χ3n) is 16.3. The molecule has 10 atom stereocenters. The SMILES string of the molecule is COC(=O)NC(C(=O)N1[C@H](C)[C@H](C)C[C@H]1c1ncc(-c2ccc3c(c2)cc2n3C(c3cnc(C4CC4)s3)Oc3cc(-c4cnc([C@@H]5CCCN5C(=O)[C@@H](NC(=O)OC)C(C)C)[nH]4)cc(C)c3-2)[nH]1)C1C[C@@H](C)O[C@@H](C)C1. The maximum absolute atomic E-state index is 14.8. The monoisotopic (exact) mass is 1040 g/mol. The predicted molar refractivity (Wildman–Crippen MR) is 283 cm³/mol. The van der Waals surface area contributed by atoms with Gasteiger partial charge in [0, 0.05) is 46.8 Å². The highest BCUT2D eigenvalue weighted by molar-refractivity contribution is 7.11. The third-order valence-corrected chi connectivity index (χ3v) is 17.5. The number of aromatic nitrogens is 6. The first kappa shape index (κ1) is 50.4. The molecule has 18 nitrogen and oxygen atoms in total. The van der Waals surface area contributed by atoms with Crippen molar-refractivity contribution in [3.05, 3.63) is 82.1 Å². The zero-order chi connectivity index (χ0) is 52.6. The largest absolute Gasteiger partial charge is 0.464 e. The van der Waals surface area contributed by atoms with Gasteiger partial charge in [0.05, 0.1) is 83.4 Å². The van der Waals surface area contributed by atoms with Gasteiger partial charge in [-0.25, -0.2) is 24.5 Å². The van der Waals surface area contributed by atoms with E-state index in [-0.39, 0.29) is 59.9 Å². The second kappa shape index (κ2) is 20.1. The lowest BCUT2D eigenvalue weighted by Gasteiger charge is -2.39. The normalized spacial score (nSPS) is 25.1. The number of carbonyl (C=O) groups is 4. The second-order valence-corrected chi connectivity index (χ2v) is 23.0. The minimum atomic E-state index is -0.773. The van der Waals surface area contributed by atoms with Crippen molar-refractivity contribution in [1.29, 1.82) is 0 Å². The quantitative estimate of drug-likeness (QED) is 0.0906. The molecule has 396 valence electrons. The average molecular weight is 1040 g/mol. The second-order valence-electron chi connectivity index (χ2n) is 21.9. The first-order chi connectivity index (χ1) is 36.1. The van der Waals surface area contributed by atoms with E-state index in [2.05, 4.69) is 82.3 Å². The number of nitrogens with zero attached hydrogens (tertiary/aromatic N) is 6. The fraction of sp³-hybridized carbons (Fsp3) is 0.518. The number of rotatable bonds is 12. The molecule has 4 amide bonds. The molecule has 3 saturated heterocycles. The number of methoxy groups -OCH3 is 2. The van der Waals surface area contributed by atoms with Gasteiger partial charge < -0.3 is 49.3 Å². The fourth-order valence-corrected chi connectivity index (χ4v) is 13.4. The van der Waals surface area contributed by atoms with Crippen LogP contribution < -0.4 is 15.4 Å². The fourth-order valence-electron chi connectivity index (χ4n) is 12.2. The Labute approximate surface area is 440 Å². The maximum Gasteiger partial charge on any atom is 0.407 e. The molecule has 75 heavy (non-hydrogen) atoms. The maximum atomic E-state index is 14.8. The molecule has 4 aromatic heterocycles. The lowest BCUT2D eigenvalue weighted by atomic mass is 9.85. The number of likely N-dealkylation sites (tertiary alicyclic amines) is 2. The Kier molecular flexibility index (Phi) is 13.5. The molecule has 1 saturated carbocycles. The lowest BCUT2D eigenvalue weighted by Crippen LogP contribution is -2.55. The van der Waals surface area contributed by atoms with Crippen LogP contribution in [0, 0.1) is 24.7 Å². The molecule has 4 fully saturated rings. The van der Waals surface area contributed by atoms with Crippen LogP contribution in [-0.4, -0.2) is 114 Å². The Morgan fingerprint density at radius 2 is 1.49 bits per heavy atom. The van der Waals surface area contributed by atoms with Crippen LogP contribution in [0.2, 0.25) is 0 Å². The van der Waals surface area contributed by atoms with Crippen molar-refractivity contribution < 1.29 is 38.1 Å². The lowest BCUT2D eigenvalue weighted by molar-refractivity contribution is -0.140. The standard InChI is InChI=1S/C56H68N10O8S/c1-27(2)47(62-55(69)71-8)52(67)64-16-10-11-41(64)49-57-25-39(61-49)35-17-29(4)46-42-22-36-21-34(14-15-40(36)66(42)54(74-44(46)23-35)45-26-59-51(75-45)33-12-13-33)38-24-58-50(60-38)43-18-28(3)32(7)65(43)53(68)48(63-56(70)72-9)37-19-30(5)73-31(6)20-37/h14-15,17,21-28,30-33,37,41,43,47-48,54H,10-13,16,18-20H2,1-9H3,(H,57,61)(H,58,60)(H,62,69)(H,63,70)/t28-,30-,31+,32-,37?,41+,43+,47+,48?,54?/m1/s1. The molecule has 8 heterocycles. The van der Waals surface area contributed by atoms with E-state index in [0.717, 1.165) is 98.0 Å². The van der Waals surface area contributed by atoms with Crippen LogP contribution >= 0.6 is 11.3 Å². The third kappa shape index (κ3) is 9.44. The summed E-state index contributed by atoms with van der Waals surface area (Å²) in [5, 5.41) is 7.82. The van der Waals surface area contributed by atoms with Crippen LogP contribution in [0.1, 0.15) is 138 Å². The van der Waals surface area contributed by atoms with Gasteiger partial charge >= 0.3 is 12.2 Å². The Hall–Kier alpha value is -6.73. The smallest absolute Gasteiger partial charge is 0.407 e. The Balaban J connectivity index is 0.905. The van der Waals surface area contributed by atoms with Crippen LogP contribution in [0.5, 0.6) is 5.75 Å². The molecule has 4 N–H and O–H groups in total. The van der Waals surface area contributed by atoms with E-state index < -0.39 is 30.5 Å². The predicted octanol–water partition coefficient (Wildman–Crippen LogP) is 9.94. The van der Waals surface area contributed by atoms with E-state index in [0.29, 0.717) is 37.0 Å². The summed E-state index contributed by atoms with van der Waals surface area (Å²) in [6.07, 6.45) is 9.68. The van der Waals surface area contributed by atoms with Crippen molar-refractivity contribution in [2.45, 2.75) is 148 Å². The number of fused-ring (bicyclic) bond motifs is 5. The molecule has 0 bridgehead atoms. The summed E-state index contributed by atoms with van der Waals surface area (Å²) in [4.78, 5) is 80.3. The van der Waals surface area contributed by atoms with Gasteiger partial charge in [0.1, 0.15) is 29.5 Å². The number of hydrogen-bond donors (Lipinski definition) is 4. The van der Waals surface area contributed by atoms with Crippen LogP contribution in [0.3, 0.4) is 0 Å². The number of imidazole rings is 2. The van der Waals surface area contributed by atoms with Crippen LogP contribution in [0.4, 0.5) is 9.59 Å². The Bertz CT molecular complexity index is 3140. The molecule has 1 aliphatic carbocycles. The molecule has 19 heteroatoms. The number of aryl methyl sites for hydroxylation is 1. The molecular weight excluding hydrogens is 973 g/mol. The minimum absolute atomic E-state index is 0.0462. The van der Waals surface area contributed by atoms with E-state index in [9.17, 15) is 19.2 Å². The van der Waals surface area contributed by atoms with Gasteiger partial charge in [-0.3, -0.25) is 14.2 Å². The number of benzene rings is 2. The van der Waals surface area contributed by atoms with Crippen molar-refractivity contribution in [3.8, 4) is 39.5 Å². The average Bonchev–Trinajstić information content (AvgIpc) is 4.08. The topological polar surface area (TPSA) is 211 Å². The van der Waals surface area contributed by atoms with E-state index >= 15 is 0 Å². The molecule has 0 radical (unpaired) electrons. The van der Waals surface area contributed by atoms with Gasteiger partial charge in [0.15, 0.2) is 0 Å². The molecule has 6 aromatic rings. The molecule has 3 unspecified atom stereocenters. The number of alkyl carbamates (subject to hydrolysis) is 2. The summed E-state index contributed by atoms with van der Waals surface area (Å²) in [6, 6.07) is 10.7. The summed E-state index contributed by atoms with van der Waals surface area (Å²) in [5.41, 5.74) is 7.56. The van der Waals surface area contributed by atoms with Crippen molar-refractivity contribution in [3.63, 3.8) is 0 Å². The van der Waals surface area contributed by atoms with Crippen molar-refractivity contribution in [1.82, 2.24) is 49.9 Å². The van der Waals surface area contributed by atoms with Gasteiger partial charge in [-0.15, -0.1) is 11.3 Å². The van der Waals surface area contributed by atoms with Crippen molar-refractivity contribution in [2.24, 2.45) is 17.8 Å². The molecule has 2 aromatic carbocycles. The summed E-state index contributed by atoms with van der Waals surface area (Å²) < 4.78 is 25.3. The molecule has 0 spiro atoms. The summed E-state index contributed by atoms with van der Waals surface area (Å²) >= 11 is 1.71.